The van der Waals surface area contributed by atoms with E-state index in [1.54, 1.807) is 24.3 Å². The Bertz CT molecular complexity index is 1060. The minimum atomic E-state index is -1.14. The van der Waals surface area contributed by atoms with Crippen LogP contribution in [0.1, 0.15) is 68.3 Å². The fraction of sp³-hybridized carbons (Fsp3) is 0.345. The molecule has 0 atom stereocenters. The van der Waals surface area contributed by atoms with Gasteiger partial charge in [-0.1, -0.05) is 76.3 Å². The molecule has 0 N–H and O–H groups in total. The number of ether oxygens (including phenoxy) is 2. The van der Waals surface area contributed by atoms with E-state index in [0.29, 0.717) is 19.4 Å². The first-order chi connectivity index (χ1) is 16.5. The second kappa shape index (κ2) is 12.9. The van der Waals surface area contributed by atoms with Crippen LogP contribution in [0.25, 0.3) is 11.1 Å². The van der Waals surface area contributed by atoms with Gasteiger partial charge >= 0.3 is 5.97 Å². The second-order valence-corrected chi connectivity index (χ2v) is 8.35. The number of unbranched alkanes of at least 4 members (excludes halogenated alkanes) is 4. The van der Waals surface area contributed by atoms with Crippen molar-refractivity contribution in [2.45, 2.75) is 58.8 Å². The Balaban J connectivity index is 1.57. The molecular formula is C29H32F2O3. The summed E-state index contributed by atoms with van der Waals surface area (Å²) in [4.78, 5) is 12.4. The van der Waals surface area contributed by atoms with Crippen LogP contribution in [0.15, 0.2) is 60.7 Å². The molecule has 0 spiro atoms. The SMILES string of the molecule is CCCCCCCOc1ccc(-c2ccc(C(=O)Oc3ccc(CCC)c(F)c3F)cc2)cc1. The highest BCUT2D eigenvalue weighted by atomic mass is 19.2. The summed E-state index contributed by atoms with van der Waals surface area (Å²) in [5.74, 6) is -2.42. The Labute approximate surface area is 200 Å². The third-order valence-electron chi connectivity index (χ3n) is 5.67. The molecule has 0 unspecified atom stereocenters. The molecule has 0 amide bonds. The number of halogens is 2. The van der Waals surface area contributed by atoms with E-state index < -0.39 is 23.4 Å². The first-order valence-electron chi connectivity index (χ1n) is 12.1. The third-order valence-corrected chi connectivity index (χ3v) is 5.67. The summed E-state index contributed by atoms with van der Waals surface area (Å²) in [5.41, 5.74) is 2.43. The van der Waals surface area contributed by atoms with Crippen molar-refractivity contribution < 1.29 is 23.0 Å². The summed E-state index contributed by atoms with van der Waals surface area (Å²) in [6, 6.07) is 17.4. The van der Waals surface area contributed by atoms with Crippen LogP contribution in [0, 0.1) is 11.6 Å². The Kier molecular flexibility index (Phi) is 9.62. The highest BCUT2D eigenvalue weighted by molar-refractivity contribution is 5.91. The van der Waals surface area contributed by atoms with E-state index in [1.807, 2.05) is 31.2 Å². The molecule has 0 bridgehead atoms. The van der Waals surface area contributed by atoms with Crippen molar-refractivity contribution >= 4 is 5.97 Å². The average molecular weight is 467 g/mol. The topological polar surface area (TPSA) is 35.5 Å². The van der Waals surface area contributed by atoms with Crippen molar-refractivity contribution in [2.24, 2.45) is 0 Å². The van der Waals surface area contributed by atoms with Crippen LogP contribution in [-0.2, 0) is 6.42 Å². The van der Waals surface area contributed by atoms with Crippen molar-refractivity contribution in [2.75, 3.05) is 6.61 Å². The van der Waals surface area contributed by atoms with E-state index in [2.05, 4.69) is 6.92 Å². The first-order valence-corrected chi connectivity index (χ1v) is 12.1. The van der Waals surface area contributed by atoms with E-state index in [9.17, 15) is 13.6 Å². The summed E-state index contributed by atoms with van der Waals surface area (Å²) >= 11 is 0. The minimum absolute atomic E-state index is 0.254. The van der Waals surface area contributed by atoms with Gasteiger partial charge in [0.2, 0.25) is 5.82 Å². The molecule has 3 aromatic rings. The number of aryl methyl sites for hydroxylation is 1. The van der Waals surface area contributed by atoms with Crippen LogP contribution in [-0.4, -0.2) is 12.6 Å². The van der Waals surface area contributed by atoms with Gasteiger partial charge in [-0.25, -0.2) is 9.18 Å². The predicted octanol–water partition coefficient (Wildman–Crippen LogP) is 8.15. The molecule has 0 radical (unpaired) electrons. The molecule has 5 heteroatoms. The molecule has 0 saturated heterocycles. The molecule has 0 aliphatic rings. The number of benzene rings is 3. The number of hydrogen-bond donors (Lipinski definition) is 0. The van der Waals surface area contributed by atoms with Crippen LogP contribution < -0.4 is 9.47 Å². The van der Waals surface area contributed by atoms with Gasteiger partial charge in [-0.05, 0) is 59.9 Å². The number of rotatable bonds is 12. The zero-order valence-electron chi connectivity index (χ0n) is 19.9. The van der Waals surface area contributed by atoms with Crippen LogP contribution in [0.4, 0.5) is 8.78 Å². The summed E-state index contributed by atoms with van der Waals surface area (Å²) < 4.78 is 39.3. The molecule has 0 aliphatic heterocycles. The third kappa shape index (κ3) is 6.89. The maximum absolute atomic E-state index is 14.3. The zero-order valence-corrected chi connectivity index (χ0v) is 19.9. The summed E-state index contributed by atoms with van der Waals surface area (Å²) in [6.45, 7) is 4.80. The van der Waals surface area contributed by atoms with Gasteiger partial charge in [-0.15, -0.1) is 0 Å². The van der Waals surface area contributed by atoms with Gasteiger partial charge in [0.15, 0.2) is 11.6 Å². The lowest BCUT2D eigenvalue weighted by Crippen LogP contribution is -2.10. The molecule has 180 valence electrons. The van der Waals surface area contributed by atoms with Crippen molar-refractivity contribution in [3.05, 3.63) is 83.4 Å². The highest BCUT2D eigenvalue weighted by Crippen LogP contribution is 2.26. The summed E-state index contributed by atoms with van der Waals surface area (Å²) in [5, 5.41) is 0. The van der Waals surface area contributed by atoms with Gasteiger partial charge in [-0.3, -0.25) is 0 Å². The maximum atomic E-state index is 14.3. The summed E-state index contributed by atoms with van der Waals surface area (Å²) in [6.07, 6.45) is 7.11. The molecular weight excluding hydrogens is 434 g/mol. The van der Waals surface area contributed by atoms with Gasteiger partial charge in [0, 0.05) is 0 Å². The molecule has 0 aromatic heterocycles. The lowest BCUT2D eigenvalue weighted by Gasteiger charge is -2.10. The molecule has 0 saturated carbocycles. The normalized spacial score (nSPS) is 10.8. The molecule has 0 fully saturated rings. The largest absolute Gasteiger partial charge is 0.494 e. The van der Waals surface area contributed by atoms with E-state index in [0.717, 1.165) is 23.3 Å². The Morgan fingerprint density at radius 1 is 0.735 bits per heavy atom. The molecule has 3 rings (SSSR count). The molecule has 0 heterocycles. The van der Waals surface area contributed by atoms with Crippen molar-refractivity contribution in [3.63, 3.8) is 0 Å². The van der Waals surface area contributed by atoms with Crippen LogP contribution in [0.2, 0.25) is 0 Å². The minimum Gasteiger partial charge on any atom is -0.494 e. The van der Waals surface area contributed by atoms with Crippen LogP contribution in [0.3, 0.4) is 0 Å². The lowest BCUT2D eigenvalue weighted by molar-refractivity contribution is 0.0726. The predicted molar refractivity (Wildman–Crippen MR) is 131 cm³/mol. The van der Waals surface area contributed by atoms with Gasteiger partial charge < -0.3 is 9.47 Å². The Morgan fingerprint density at radius 2 is 1.38 bits per heavy atom. The maximum Gasteiger partial charge on any atom is 0.343 e. The zero-order chi connectivity index (χ0) is 24.3. The Morgan fingerprint density at radius 3 is 2.03 bits per heavy atom. The number of carbonyl (C=O) groups excluding carboxylic acids is 1. The Hall–Kier alpha value is -3.21. The lowest BCUT2D eigenvalue weighted by atomic mass is 10.0. The van der Waals surface area contributed by atoms with E-state index >= 15 is 0 Å². The van der Waals surface area contributed by atoms with Gasteiger partial charge in [0.1, 0.15) is 5.75 Å². The second-order valence-electron chi connectivity index (χ2n) is 8.35. The van der Waals surface area contributed by atoms with Crippen LogP contribution >= 0.6 is 0 Å². The summed E-state index contributed by atoms with van der Waals surface area (Å²) in [7, 11) is 0. The number of esters is 1. The van der Waals surface area contributed by atoms with Crippen LogP contribution in [0.5, 0.6) is 11.5 Å². The number of carbonyl (C=O) groups is 1. The van der Waals surface area contributed by atoms with E-state index in [1.165, 1.54) is 37.8 Å². The number of hydrogen-bond acceptors (Lipinski definition) is 3. The van der Waals surface area contributed by atoms with Crippen molar-refractivity contribution in [1.29, 1.82) is 0 Å². The monoisotopic (exact) mass is 466 g/mol. The fourth-order valence-electron chi connectivity index (χ4n) is 3.71. The van der Waals surface area contributed by atoms with Crippen molar-refractivity contribution in [1.82, 2.24) is 0 Å². The van der Waals surface area contributed by atoms with E-state index in [4.69, 9.17) is 9.47 Å². The standard InChI is InChI=1S/C29H32F2O3/c1-3-5-6-7-8-20-33-25-17-14-22(15-18-25)21-10-12-24(13-11-21)29(32)34-26-19-16-23(9-4-2)27(30)28(26)31/h10-19H,3-9,20H2,1-2H3. The molecule has 3 nitrogen and oxygen atoms in total. The quantitative estimate of drug-likeness (QED) is 0.153. The smallest absolute Gasteiger partial charge is 0.343 e. The van der Waals surface area contributed by atoms with Gasteiger partial charge in [0.25, 0.3) is 0 Å². The van der Waals surface area contributed by atoms with Crippen molar-refractivity contribution in [3.8, 4) is 22.6 Å². The average Bonchev–Trinajstić information content (AvgIpc) is 2.86. The molecule has 3 aromatic carbocycles. The van der Waals surface area contributed by atoms with Gasteiger partial charge in [0.05, 0.1) is 12.2 Å². The van der Waals surface area contributed by atoms with Gasteiger partial charge in [-0.2, -0.15) is 4.39 Å². The fourth-order valence-corrected chi connectivity index (χ4v) is 3.71. The molecule has 0 aliphatic carbocycles. The first kappa shape index (κ1) is 25.4. The highest BCUT2D eigenvalue weighted by Gasteiger charge is 2.17. The molecule has 34 heavy (non-hydrogen) atoms. The van der Waals surface area contributed by atoms with E-state index in [-0.39, 0.29) is 11.1 Å².